The van der Waals surface area contributed by atoms with Gasteiger partial charge in [0.15, 0.2) is 0 Å². The van der Waals surface area contributed by atoms with Gasteiger partial charge in [0.1, 0.15) is 11.5 Å². The zero-order chi connectivity index (χ0) is 17.8. The van der Waals surface area contributed by atoms with Gasteiger partial charge in [-0.25, -0.2) is 4.98 Å². The van der Waals surface area contributed by atoms with Gasteiger partial charge in [-0.3, -0.25) is 9.36 Å². The summed E-state index contributed by atoms with van der Waals surface area (Å²) < 4.78 is 12.1. The van der Waals surface area contributed by atoms with Crippen LogP contribution in [0.4, 0.5) is 0 Å². The molecule has 0 saturated heterocycles. The number of fused-ring (bicyclic) bond motifs is 1. The zero-order valence-electron chi connectivity index (χ0n) is 14.0. The Morgan fingerprint density at radius 2 is 1.84 bits per heavy atom. The Morgan fingerprint density at radius 1 is 1.12 bits per heavy atom. The van der Waals surface area contributed by atoms with Gasteiger partial charge in [-0.1, -0.05) is 0 Å². The minimum Gasteiger partial charge on any atom is -0.497 e. The predicted molar refractivity (Wildman–Crippen MR) is 94.0 cm³/mol. The van der Waals surface area contributed by atoms with Crippen molar-refractivity contribution in [3.05, 3.63) is 64.2 Å². The van der Waals surface area contributed by atoms with Gasteiger partial charge in [0.25, 0.3) is 5.56 Å². The van der Waals surface area contributed by atoms with Gasteiger partial charge in [-0.15, -0.1) is 0 Å². The van der Waals surface area contributed by atoms with E-state index < -0.39 is 0 Å². The van der Waals surface area contributed by atoms with Crippen molar-refractivity contribution < 1.29 is 9.47 Å². The maximum Gasteiger partial charge on any atom is 0.261 e. The third-order valence-electron chi connectivity index (χ3n) is 4.01. The lowest BCUT2D eigenvalue weighted by Crippen LogP contribution is -2.21. The molecule has 6 nitrogen and oxygen atoms in total. The van der Waals surface area contributed by atoms with Crippen LogP contribution in [0.1, 0.15) is 11.1 Å². The van der Waals surface area contributed by atoms with Crippen LogP contribution in [0.25, 0.3) is 10.9 Å². The minimum atomic E-state index is -0.156. The Morgan fingerprint density at radius 3 is 2.48 bits per heavy atom. The van der Waals surface area contributed by atoms with E-state index in [9.17, 15) is 4.79 Å². The van der Waals surface area contributed by atoms with E-state index in [1.54, 1.807) is 43.1 Å². The largest absolute Gasteiger partial charge is 0.497 e. The zero-order valence-corrected chi connectivity index (χ0v) is 14.0. The molecule has 3 rings (SSSR count). The molecular weight excluding hydrogens is 318 g/mol. The summed E-state index contributed by atoms with van der Waals surface area (Å²) >= 11 is 0. The van der Waals surface area contributed by atoms with E-state index in [2.05, 4.69) is 4.98 Å². The maximum absolute atomic E-state index is 12.6. The third kappa shape index (κ3) is 3.45. The smallest absolute Gasteiger partial charge is 0.261 e. The van der Waals surface area contributed by atoms with Crippen molar-refractivity contribution in [2.24, 2.45) is 0 Å². The SMILES string of the molecule is COc1cc(CCn2cnc3ccc(C#N)cc3c2=O)cc(OC)c1. The highest BCUT2D eigenvalue weighted by Crippen LogP contribution is 2.23. The van der Waals surface area contributed by atoms with Crippen LogP contribution in [0, 0.1) is 11.3 Å². The van der Waals surface area contributed by atoms with Crippen molar-refractivity contribution in [1.29, 1.82) is 5.26 Å². The molecule has 0 aliphatic rings. The molecule has 0 amide bonds. The van der Waals surface area contributed by atoms with E-state index in [1.165, 1.54) is 6.33 Å². The Labute approximate surface area is 144 Å². The molecule has 0 radical (unpaired) electrons. The van der Waals surface area contributed by atoms with E-state index in [0.29, 0.717) is 40.9 Å². The Balaban J connectivity index is 1.90. The number of nitriles is 1. The normalized spacial score (nSPS) is 10.4. The van der Waals surface area contributed by atoms with E-state index >= 15 is 0 Å². The Bertz CT molecular complexity index is 996. The molecule has 1 heterocycles. The summed E-state index contributed by atoms with van der Waals surface area (Å²) in [6.07, 6.45) is 2.16. The molecule has 126 valence electrons. The molecule has 0 N–H and O–H groups in total. The van der Waals surface area contributed by atoms with Crippen molar-refractivity contribution in [1.82, 2.24) is 9.55 Å². The number of nitrogens with zero attached hydrogens (tertiary/aromatic N) is 3. The molecule has 3 aromatic rings. The number of hydrogen-bond donors (Lipinski definition) is 0. The van der Waals surface area contributed by atoms with E-state index in [-0.39, 0.29) is 5.56 Å². The highest BCUT2D eigenvalue weighted by Gasteiger charge is 2.07. The molecule has 2 aromatic carbocycles. The standard InChI is InChI=1S/C19H17N3O3/c1-24-15-7-13(8-16(10-15)25-2)5-6-22-12-21-18-4-3-14(11-20)9-17(18)19(22)23/h3-4,7-10,12H,5-6H2,1-2H3. The number of aromatic nitrogens is 2. The minimum absolute atomic E-state index is 0.156. The molecule has 1 aromatic heterocycles. The molecule has 0 spiro atoms. The van der Waals surface area contributed by atoms with Crippen LogP contribution in [0.5, 0.6) is 11.5 Å². The first-order chi connectivity index (χ1) is 12.1. The molecule has 0 atom stereocenters. The van der Waals surface area contributed by atoms with E-state index in [1.807, 2.05) is 18.2 Å². The summed E-state index contributed by atoms with van der Waals surface area (Å²) in [6, 6.07) is 12.6. The van der Waals surface area contributed by atoms with Gasteiger partial charge >= 0.3 is 0 Å². The maximum atomic E-state index is 12.6. The van der Waals surface area contributed by atoms with Crippen molar-refractivity contribution in [3.63, 3.8) is 0 Å². The molecule has 0 fully saturated rings. The molecule has 6 heteroatoms. The van der Waals surface area contributed by atoms with Gasteiger partial charge in [0, 0.05) is 12.6 Å². The average molecular weight is 335 g/mol. The lowest BCUT2D eigenvalue weighted by molar-refractivity contribution is 0.393. The lowest BCUT2D eigenvalue weighted by Gasteiger charge is -2.10. The molecule has 0 saturated carbocycles. The second kappa shape index (κ2) is 7.05. The van der Waals surface area contributed by atoms with Crippen LogP contribution in [0.3, 0.4) is 0 Å². The van der Waals surface area contributed by atoms with Gasteiger partial charge in [0.2, 0.25) is 0 Å². The second-order valence-corrected chi connectivity index (χ2v) is 5.56. The highest BCUT2D eigenvalue weighted by molar-refractivity contribution is 5.78. The molecule has 25 heavy (non-hydrogen) atoms. The topological polar surface area (TPSA) is 77.1 Å². The fraction of sp³-hybridized carbons (Fsp3) is 0.211. The third-order valence-corrected chi connectivity index (χ3v) is 4.01. The van der Waals surface area contributed by atoms with E-state index in [0.717, 1.165) is 5.56 Å². The summed E-state index contributed by atoms with van der Waals surface area (Å²) in [5.41, 5.74) is 1.87. The highest BCUT2D eigenvalue weighted by atomic mass is 16.5. The van der Waals surface area contributed by atoms with Gasteiger partial charge in [0.05, 0.1) is 43.1 Å². The molecule has 0 bridgehead atoms. The van der Waals surface area contributed by atoms with Crippen molar-refractivity contribution in [2.75, 3.05) is 14.2 Å². The van der Waals surface area contributed by atoms with E-state index in [4.69, 9.17) is 14.7 Å². The lowest BCUT2D eigenvalue weighted by atomic mass is 10.1. The number of benzene rings is 2. The van der Waals surface area contributed by atoms with Crippen LogP contribution in [-0.2, 0) is 13.0 Å². The van der Waals surface area contributed by atoms with Crippen LogP contribution in [-0.4, -0.2) is 23.8 Å². The molecule has 0 aliphatic carbocycles. The van der Waals surface area contributed by atoms with Crippen LogP contribution >= 0.6 is 0 Å². The van der Waals surface area contributed by atoms with Crippen LogP contribution in [0.15, 0.2) is 47.5 Å². The fourth-order valence-electron chi connectivity index (χ4n) is 2.65. The van der Waals surface area contributed by atoms with Gasteiger partial charge in [-0.05, 0) is 42.3 Å². The number of methoxy groups -OCH3 is 2. The Kier molecular flexibility index (Phi) is 4.66. The fourth-order valence-corrected chi connectivity index (χ4v) is 2.65. The summed E-state index contributed by atoms with van der Waals surface area (Å²) in [5.74, 6) is 1.41. The molecular formula is C19H17N3O3. The summed E-state index contributed by atoms with van der Waals surface area (Å²) in [4.78, 5) is 16.9. The second-order valence-electron chi connectivity index (χ2n) is 5.56. The van der Waals surface area contributed by atoms with Crippen molar-refractivity contribution >= 4 is 10.9 Å². The van der Waals surface area contributed by atoms with Gasteiger partial charge < -0.3 is 9.47 Å². The Hall–Kier alpha value is -3.33. The summed E-state index contributed by atoms with van der Waals surface area (Å²) in [7, 11) is 3.20. The van der Waals surface area contributed by atoms with Crippen molar-refractivity contribution in [2.45, 2.75) is 13.0 Å². The first-order valence-corrected chi connectivity index (χ1v) is 7.76. The predicted octanol–water partition coefficient (Wildman–Crippen LogP) is 2.53. The van der Waals surface area contributed by atoms with Crippen molar-refractivity contribution in [3.8, 4) is 17.6 Å². The quantitative estimate of drug-likeness (QED) is 0.716. The number of hydrogen-bond acceptors (Lipinski definition) is 5. The van der Waals surface area contributed by atoms with Gasteiger partial charge in [-0.2, -0.15) is 5.26 Å². The first kappa shape index (κ1) is 16.5. The summed E-state index contributed by atoms with van der Waals surface area (Å²) in [5, 5.41) is 9.45. The number of ether oxygens (including phenoxy) is 2. The average Bonchev–Trinajstić information content (AvgIpc) is 2.66. The number of rotatable bonds is 5. The van der Waals surface area contributed by atoms with Crippen LogP contribution in [0.2, 0.25) is 0 Å². The molecule has 0 unspecified atom stereocenters. The first-order valence-electron chi connectivity index (χ1n) is 7.76. The monoisotopic (exact) mass is 335 g/mol. The van der Waals surface area contributed by atoms with Crippen LogP contribution < -0.4 is 15.0 Å². The molecule has 0 aliphatic heterocycles. The summed E-state index contributed by atoms with van der Waals surface area (Å²) in [6.45, 7) is 0.467. The number of aryl methyl sites for hydroxylation is 2.